The zero-order valence-corrected chi connectivity index (χ0v) is 11.6. The van der Waals surface area contributed by atoms with E-state index in [0.29, 0.717) is 12.1 Å². The monoisotopic (exact) mass is 281 g/mol. The molecule has 0 fully saturated rings. The predicted octanol–water partition coefficient (Wildman–Crippen LogP) is 2.54. The zero-order valence-electron chi connectivity index (χ0n) is 11.6. The van der Waals surface area contributed by atoms with Crippen LogP contribution in [-0.2, 0) is 6.54 Å². The Morgan fingerprint density at radius 3 is 2.95 bits per heavy atom. The van der Waals surface area contributed by atoms with Crippen LogP contribution in [0.15, 0.2) is 53.6 Å². The summed E-state index contributed by atoms with van der Waals surface area (Å²) in [7, 11) is 1.62. The fraction of sp³-hybridized carbons (Fsp3) is 0.125. The van der Waals surface area contributed by atoms with Gasteiger partial charge in [-0.1, -0.05) is 0 Å². The lowest BCUT2D eigenvalue weighted by atomic mass is 10.1. The van der Waals surface area contributed by atoms with Crippen molar-refractivity contribution in [3.63, 3.8) is 0 Å². The summed E-state index contributed by atoms with van der Waals surface area (Å²) in [4.78, 5) is 19.0. The SMILES string of the molecule is COc1ccc2[nH]c(=O)c(CNc3cccnc3)cc2c1. The third-order valence-electron chi connectivity index (χ3n) is 3.27. The third-order valence-corrected chi connectivity index (χ3v) is 3.27. The molecule has 2 N–H and O–H groups in total. The van der Waals surface area contributed by atoms with Gasteiger partial charge in [-0.15, -0.1) is 0 Å². The van der Waals surface area contributed by atoms with Crippen LogP contribution in [0.1, 0.15) is 5.56 Å². The first-order valence-electron chi connectivity index (χ1n) is 6.60. The number of pyridine rings is 2. The molecule has 3 aromatic rings. The molecule has 21 heavy (non-hydrogen) atoms. The molecule has 2 heterocycles. The molecular weight excluding hydrogens is 266 g/mol. The van der Waals surface area contributed by atoms with Gasteiger partial charge in [-0.25, -0.2) is 0 Å². The van der Waals surface area contributed by atoms with Gasteiger partial charge in [-0.3, -0.25) is 9.78 Å². The summed E-state index contributed by atoms with van der Waals surface area (Å²) >= 11 is 0. The van der Waals surface area contributed by atoms with Crippen molar-refractivity contribution in [3.8, 4) is 5.75 Å². The van der Waals surface area contributed by atoms with Crippen LogP contribution in [0.25, 0.3) is 10.9 Å². The molecule has 0 aliphatic rings. The average molecular weight is 281 g/mol. The minimum Gasteiger partial charge on any atom is -0.497 e. The van der Waals surface area contributed by atoms with Gasteiger partial charge in [-0.05, 0) is 36.4 Å². The van der Waals surface area contributed by atoms with E-state index in [1.165, 1.54) is 0 Å². The standard InChI is InChI=1S/C16H15N3O2/c1-21-14-4-5-15-11(8-14)7-12(16(20)19-15)9-18-13-3-2-6-17-10-13/h2-8,10,18H,9H2,1H3,(H,19,20). The van der Waals surface area contributed by atoms with Gasteiger partial charge in [0.05, 0.1) is 12.8 Å². The normalized spacial score (nSPS) is 10.5. The second-order valence-corrected chi connectivity index (χ2v) is 4.67. The molecule has 1 aromatic carbocycles. The molecule has 106 valence electrons. The smallest absolute Gasteiger partial charge is 0.253 e. The van der Waals surface area contributed by atoms with E-state index in [2.05, 4.69) is 15.3 Å². The first-order valence-corrected chi connectivity index (χ1v) is 6.60. The van der Waals surface area contributed by atoms with E-state index in [9.17, 15) is 4.79 Å². The van der Waals surface area contributed by atoms with Gasteiger partial charge in [0.15, 0.2) is 0 Å². The molecule has 0 unspecified atom stereocenters. The van der Waals surface area contributed by atoms with E-state index >= 15 is 0 Å². The number of nitrogens with one attached hydrogen (secondary N) is 2. The predicted molar refractivity (Wildman–Crippen MR) is 82.7 cm³/mol. The Morgan fingerprint density at radius 1 is 1.29 bits per heavy atom. The summed E-state index contributed by atoms with van der Waals surface area (Å²) in [6.45, 7) is 0.439. The van der Waals surface area contributed by atoms with Crippen molar-refractivity contribution in [1.82, 2.24) is 9.97 Å². The number of H-pyrrole nitrogens is 1. The van der Waals surface area contributed by atoms with E-state index in [4.69, 9.17) is 4.74 Å². The fourth-order valence-corrected chi connectivity index (χ4v) is 2.15. The van der Waals surface area contributed by atoms with Crippen molar-refractivity contribution in [2.24, 2.45) is 0 Å². The lowest BCUT2D eigenvalue weighted by Crippen LogP contribution is -2.15. The molecule has 0 saturated heterocycles. The van der Waals surface area contributed by atoms with Crippen LogP contribution in [-0.4, -0.2) is 17.1 Å². The van der Waals surface area contributed by atoms with Gasteiger partial charge >= 0.3 is 0 Å². The number of hydrogen-bond donors (Lipinski definition) is 2. The molecular formula is C16H15N3O2. The highest BCUT2D eigenvalue weighted by molar-refractivity contribution is 5.80. The Morgan fingerprint density at radius 2 is 2.19 bits per heavy atom. The van der Waals surface area contributed by atoms with E-state index in [1.807, 2.05) is 36.4 Å². The Balaban J connectivity index is 1.91. The van der Waals surface area contributed by atoms with Gasteiger partial charge in [0.2, 0.25) is 0 Å². The highest BCUT2D eigenvalue weighted by atomic mass is 16.5. The highest BCUT2D eigenvalue weighted by Crippen LogP contribution is 2.19. The largest absolute Gasteiger partial charge is 0.497 e. The van der Waals surface area contributed by atoms with Gasteiger partial charge < -0.3 is 15.0 Å². The Bertz CT molecular complexity index is 813. The van der Waals surface area contributed by atoms with E-state index in [-0.39, 0.29) is 5.56 Å². The first kappa shape index (κ1) is 13.2. The van der Waals surface area contributed by atoms with E-state index < -0.39 is 0 Å². The number of aromatic nitrogens is 2. The summed E-state index contributed by atoms with van der Waals surface area (Å²) in [6, 6.07) is 11.2. The summed E-state index contributed by atoms with van der Waals surface area (Å²) in [6.07, 6.45) is 3.43. The second-order valence-electron chi connectivity index (χ2n) is 4.67. The molecule has 0 aliphatic carbocycles. The van der Waals surface area contributed by atoms with Crippen molar-refractivity contribution < 1.29 is 4.74 Å². The van der Waals surface area contributed by atoms with E-state index in [0.717, 1.165) is 22.3 Å². The van der Waals surface area contributed by atoms with E-state index in [1.54, 1.807) is 19.5 Å². The average Bonchev–Trinajstić information content (AvgIpc) is 2.53. The maximum atomic E-state index is 12.1. The summed E-state index contributed by atoms with van der Waals surface area (Å²) in [5.74, 6) is 0.765. The lowest BCUT2D eigenvalue weighted by Gasteiger charge is -2.07. The molecule has 0 aliphatic heterocycles. The van der Waals surface area contributed by atoms with Crippen LogP contribution in [0, 0.1) is 0 Å². The number of rotatable bonds is 4. The number of ether oxygens (including phenoxy) is 1. The topological polar surface area (TPSA) is 67.0 Å². The number of fused-ring (bicyclic) bond motifs is 1. The van der Waals surface area contributed by atoms with Crippen LogP contribution in [0.3, 0.4) is 0 Å². The summed E-state index contributed by atoms with van der Waals surface area (Å²) in [5, 5.41) is 4.12. The highest BCUT2D eigenvalue weighted by Gasteiger charge is 2.04. The molecule has 0 atom stereocenters. The van der Waals surface area contributed by atoms with Crippen molar-refractivity contribution in [2.75, 3.05) is 12.4 Å². The van der Waals surface area contributed by atoms with Crippen LogP contribution in [0.5, 0.6) is 5.75 Å². The van der Waals surface area contributed by atoms with Gasteiger partial charge in [0, 0.05) is 35.4 Å². The van der Waals surface area contributed by atoms with Crippen molar-refractivity contribution in [2.45, 2.75) is 6.54 Å². The quantitative estimate of drug-likeness (QED) is 0.771. The van der Waals surface area contributed by atoms with Crippen molar-refractivity contribution >= 4 is 16.6 Å². The van der Waals surface area contributed by atoms with Gasteiger partial charge in [0.1, 0.15) is 5.75 Å². The van der Waals surface area contributed by atoms with Crippen LogP contribution in [0.4, 0.5) is 5.69 Å². The summed E-state index contributed by atoms with van der Waals surface area (Å²) in [5.41, 5.74) is 2.25. The maximum Gasteiger partial charge on any atom is 0.253 e. The van der Waals surface area contributed by atoms with Gasteiger partial charge in [0.25, 0.3) is 5.56 Å². The Kier molecular flexibility index (Phi) is 3.55. The van der Waals surface area contributed by atoms with Crippen molar-refractivity contribution in [1.29, 1.82) is 0 Å². The minimum absolute atomic E-state index is 0.0935. The molecule has 0 amide bonds. The Labute approximate surface area is 121 Å². The fourth-order valence-electron chi connectivity index (χ4n) is 2.15. The molecule has 5 heteroatoms. The molecule has 5 nitrogen and oxygen atoms in total. The molecule has 0 radical (unpaired) electrons. The number of nitrogens with zero attached hydrogens (tertiary/aromatic N) is 1. The van der Waals surface area contributed by atoms with Crippen LogP contribution >= 0.6 is 0 Å². The molecule has 0 bridgehead atoms. The van der Waals surface area contributed by atoms with Crippen LogP contribution in [0.2, 0.25) is 0 Å². The van der Waals surface area contributed by atoms with Crippen LogP contribution < -0.4 is 15.6 Å². The minimum atomic E-state index is -0.0935. The molecule has 0 spiro atoms. The number of hydrogen-bond acceptors (Lipinski definition) is 4. The molecule has 0 saturated carbocycles. The second kappa shape index (κ2) is 5.66. The number of methoxy groups -OCH3 is 1. The first-order chi connectivity index (χ1) is 10.3. The van der Waals surface area contributed by atoms with Crippen molar-refractivity contribution in [3.05, 3.63) is 64.7 Å². The third kappa shape index (κ3) is 2.86. The lowest BCUT2D eigenvalue weighted by molar-refractivity contribution is 0.415. The summed E-state index contributed by atoms with van der Waals surface area (Å²) < 4.78 is 5.21. The zero-order chi connectivity index (χ0) is 14.7. The number of aromatic amines is 1. The van der Waals surface area contributed by atoms with Gasteiger partial charge in [-0.2, -0.15) is 0 Å². The molecule has 2 aromatic heterocycles. The molecule has 3 rings (SSSR count). The number of anilines is 1. The Hall–Kier alpha value is -2.82. The maximum absolute atomic E-state index is 12.1. The number of benzene rings is 1.